The molecule has 1 aromatic rings. The summed E-state index contributed by atoms with van der Waals surface area (Å²) in [5.74, 6) is 0. The van der Waals surface area contributed by atoms with Crippen molar-refractivity contribution in [3.63, 3.8) is 0 Å². The van der Waals surface area contributed by atoms with Gasteiger partial charge in [0.2, 0.25) is 0 Å². The fourth-order valence-corrected chi connectivity index (χ4v) is 2.14. The van der Waals surface area contributed by atoms with Crippen molar-refractivity contribution in [2.75, 3.05) is 6.61 Å². The summed E-state index contributed by atoms with van der Waals surface area (Å²) in [5, 5.41) is 12.2. The molecule has 3 heteroatoms. The van der Waals surface area contributed by atoms with Crippen molar-refractivity contribution in [3.05, 3.63) is 21.9 Å². The molecule has 0 unspecified atom stereocenters. The van der Waals surface area contributed by atoms with Crippen LogP contribution in [0.25, 0.3) is 0 Å². The van der Waals surface area contributed by atoms with E-state index in [0.717, 1.165) is 0 Å². The van der Waals surface area contributed by atoms with Gasteiger partial charge in [0.05, 0.1) is 6.61 Å². The Morgan fingerprint density at radius 3 is 2.62 bits per heavy atom. The van der Waals surface area contributed by atoms with Crippen LogP contribution in [0.15, 0.2) is 12.1 Å². The highest BCUT2D eigenvalue weighted by Crippen LogP contribution is 2.22. The quantitative estimate of drug-likeness (QED) is 0.778. The van der Waals surface area contributed by atoms with Gasteiger partial charge in [0.1, 0.15) is 0 Å². The molecule has 0 bridgehead atoms. The van der Waals surface area contributed by atoms with Gasteiger partial charge in [-0.3, -0.25) is 0 Å². The second-order valence-electron chi connectivity index (χ2n) is 3.42. The number of hydrogen-bond donors (Lipinski definition) is 2. The summed E-state index contributed by atoms with van der Waals surface area (Å²) in [6, 6.07) is 4.77. The van der Waals surface area contributed by atoms with Crippen LogP contribution in [0, 0.1) is 6.92 Å². The minimum atomic E-state index is 0.164. The standard InChI is InChI=1S/C10H17NOS/c1-7(6-12)11-9(3)10-5-4-8(2)13-10/h4-5,7,9,11-12H,6H2,1-3H3/t7-,9-/m0/s1. The van der Waals surface area contributed by atoms with E-state index in [9.17, 15) is 0 Å². The maximum Gasteiger partial charge on any atom is 0.0582 e. The first-order valence-corrected chi connectivity index (χ1v) is 5.38. The molecule has 0 saturated carbocycles. The lowest BCUT2D eigenvalue weighted by Gasteiger charge is -2.16. The first-order chi connectivity index (χ1) is 6.13. The minimum absolute atomic E-state index is 0.164. The zero-order valence-corrected chi connectivity index (χ0v) is 9.19. The Morgan fingerprint density at radius 1 is 1.46 bits per heavy atom. The molecule has 0 spiro atoms. The third kappa shape index (κ3) is 3.10. The fraction of sp³-hybridized carbons (Fsp3) is 0.600. The van der Waals surface area contributed by atoms with Crippen LogP contribution in [-0.4, -0.2) is 17.8 Å². The van der Waals surface area contributed by atoms with E-state index in [1.807, 2.05) is 6.92 Å². The smallest absolute Gasteiger partial charge is 0.0582 e. The van der Waals surface area contributed by atoms with Crippen LogP contribution < -0.4 is 5.32 Å². The van der Waals surface area contributed by atoms with Gasteiger partial charge in [-0.2, -0.15) is 0 Å². The molecule has 1 heterocycles. The third-order valence-corrected chi connectivity index (χ3v) is 3.18. The Labute approximate surface area is 83.6 Å². The number of aliphatic hydroxyl groups excluding tert-OH is 1. The van der Waals surface area contributed by atoms with Crippen molar-refractivity contribution in [1.29, 1.82) is 0 Å². The topological polar surface area (TPSA) is 32.3 Å². The molecule has 0 aliphatic rings. The molecule has 2 nitrogen and oxygen atoms in total. The largest absolute Gasteiger partial charge is 0.395 e. The van der Waals surface area contributed by atoms with Crippen molar-refractivity contribution in [2.45, 2.75) is 32.9 Å². The second kappa shape index (κ2) is 4.74. The number of hydrogen-bond acceptors (Lipinski definition) is 3. The van der Waals surface area contributed by atoms with Gasteiger partial charge in [-0.1, -0.05) is 0 Å². The van der Waals surface area contributed by atoms with E-state index in [2.05, 4.69) is 31.3 Å². The van der Waals surface area contributed by atoms with Crippen molar-refractivity contribution >= 4 is 11.3 Å². The lowest BCUT2D eigenvalue weighted by atomic mass is 10.2. The molecule has 0 saturated heterocycles. The highest BCUT2D eigenvalue weighted by molar-refractivity contribution is 7.12. The lowest BCUT2D eigenvalue weighted by Crippen LogP contribution is -2.31. The monoisotopic (exact) mass is 199 g/mol. The van der Waals surface area contributed by atoms with Crippen molar-refractivity contribution in [2.24, 2.45) is 0 Å². The summed E-state index contributed by atoms with van der Waals surface area (Å²) in [4.78, 5) is 2.66. The van der Waals surface area contributed by atoms with E-state index < -0.39 is 0 Å². The molecule has 0 aromatic carbocycles. The minimum Gasteiger partial charge on any atom is -0.395 e. The zero-order valence-electron chi connectivity index (χ0n) is 8.37. The van der Waals surface area contributed by atoms with E-state index in [0.29, 0.717) is 6.04 Å². The van der Waals surface area contributed by atoms with Gasteiger partial charge >= 0.3 is 0 Å². The molecular formula is C10H17NOS. The summed E-state index contributed by atoms with van der Waals surface area (Å²) in [6.07, 6.45) is 0. The summed E-state index contributed by atoms with van der Waals surface area (Å²) in [6.45, 7) is 6.40. The number of aliphatic hydroxyl groups is 1. The van der Waals surface area contributed by atoms with Gasteiger partial charge in [-0.15, -0.1) is 11.3 Å². The number of thiophene rings is 1. The Morgan fingerprint density at radius 2 is 2.15 bits per heavy atom. The van der Waals surface area contributed by atoms with Crippen LogP contribution in [0.4, 0.5) is 0 Å². The summed E-state index contributed by atoms with van der Waals surface area (Å²) >= 11 is 1.80. The van der Waals surface area contributed by atoms with Gasteiger partial charge in [0, 0.05) is 21.8 Å². The molecular weight excluding hydrogens is 182 g/mol. The lowest BCUT2D eigenvalue weighted by molar-refractivity contribution is 0.243. The van der Waals surface area contributed by atoms with E-state index in [-0.39, 0.29) is 12.6 Å². The Hall–Kier alpha value is -0.380. The van der Waals surface area contributed by atoms with Crippen molar-refractivity contribution < 1.29 is 5.11 Å². The summed E-state index contributed by atoms with van der Waals surface area (Å²) < 4.78 is 0. The fourth-order valence-electron chi connectivity index (χ4n) is 1.25. The van der Waals surface area contributed by atoms with Crippen LogP contribution in [-0.2, 0) is 0 Å². The Bertz CT molecular complexity index is 259. The number of rotatable bonds is 4. The molecule has 2 N–H and O–H groups in total. The Kier molecular flexibility index (Phi) is 3.90. The average molecular weight is 199 g/mol. The van der Waals surface area contributed by atoms with Crippen LogP contribution in [0.3, 0.4) is 0 Å². The molecule has 0 fully saturated rings. The average Bonchev–Trinajstić information content (AvgIpc) is 2.51. The molecule has 2 atom stereocenters. The summed E-state index contributed by atoms with van der Waals surface area (Å²) in [5.41, 5.74) is 0. The van der Waals surface area contributed by atoms with Gasteiger partial charge in [-0.05, 0) is 32.9 Å². The molecule has 0 amide bonds. The molecule has 74 valence electrons. The SMILES string of the molecule is Cc1ccc([C@H](C)N[C@@H](C)CO)s1. The van der Waals surface area contributed by atoms with Crippen molar-refractivity contribution in [1.82, 2.24) is 5.32 Å². The normalized spacial score (nSPS) is 15.7. The second-order valence-corrected chi connectivity index (χ2v) is 4.74. The maximum atomic E-state index is 8.88. The predicted octanol–water partition coefficient (Wildman–Crippen LogP) is 2.09. The van der Waals surface area contributed by atoms with Gasteiger partial charge in [-0.25, -0.2) is 0 Å². The zero-order chi connectivity index (χ0) is 9.84. The Balaban J connectivity index is 2.53. The van der Waals surface area contributed by atoms with Crippen LogP contribution in [0.1, 0.15) is 29.6 Å². The van der Waals surface area contributed by atoms with Crippen molar-refractivity contribution in [3.8, 4) is 0 Å². The number of nitrogens with one attached hydrogen (secondary N) is 1. The van der Waals surface area contributed by atoms with E-state index in [1.54, 1.807) is 11.3 Å². The van der Waals surface area contributed by atoms with Crippen LogP contribution in [0.5, 0.6) is 0 Å². The predicted molar refractivity (Wildman–Crippen MR) is 57.2 cm³/mol. The van der Waals surface area contributed by atoms with E-state index in [4.69, 9.17) is 5.11 Å². The van der Waals surface area contributed by atoms with Gasteiger partial charge < -0.3 is 10.4 Å². The first kappa shape index (κ1) is 10.7. The molecule has 0 aliphatic carbocycles. The maximum absolute atomic E-state index is 8.88. The highest BCUT2D eigenvalue weighted by Gasteiger charge is 2.09. The molecule has 13 heavy (non-hydrogen) atoms. The van der Waals surface area contributed by atoms with Crippen LogP contribution in [0.2, 0.25) is 0 Å². The number of aryl methyl sites for hydroxylation is 1. The first-order valence-electron chi connectivity index (χ1n) is 4.56. The highest BCUT2D eigenvalue weighted by atomic mass is 32.1. The molecule has 1 rings (SSSR count). The molecule has 0 aliphatic heterocycles. The third-order valence-electron chi connectivity index (χ3n) is 2.00. The molecule has 1 aromatic heterocycles. The van der Waals surface area contributed by atoms with E-state index >= 15 is 0 Å². The van der Waals surface area contributed by atoms with Gasteiger partial charge in [0.15, 0.2) is 0 Å². The summed E-state index contributed by atoms with van der Waals surface area (Å²) in [7, 11) is 0. The van der Waals surface area contributed by atoms with E-state index in [1.165, 1.54) is 9.75 Å². The van der Waals surface area contributed by atoms with Gasteiger partial charge in [0.25, 0.3) is 0 Å². The molecule has 0 radical (unpaired) electrons. The van der Waals surface area contributed by atoms with Crippen LogP contribution >= 0.6 is 11.3 Å².